The van der Waals surface area contributed by atoms with Crippen molar-refractivity contribution in [2.24, 2.45) is 0 Å². The maximum absolute atomic E-state index is 11.9. The predicted molar refractivity (Wildman–Crippen MR) is 67.0 cm³/mol. The van der Waals surface area contributed by atoms with Gasteiger partial charge >= 0.3 is 0 Å². The summed E-state index contributed by atoms with van der Waals surface area (Å²) >= 11 is 0. The van der Waals surface area contributed by atoms with E-state index in [-0.39, 0.29) is 12.1 Å². The third-order valence-corrected chi connectivity index (χ3v) is 4.69. The van der Waals surface area contributed by atoms with Crippen LogP contribution in [0.3, 0.4) is 0 Å². The van der Waals surface area contributed by atoms with Crippen molar-refractivity contribution in [1.29, 1.82) is 0 Å². The molecule has 17 heavy (non-hydrogen) atoms. The average molecular weight is 265 g/mol. The maximum atomic E-state index is 11.9. The molecule has 0 aromatic heterocycles. The Morgan fingerprint density at radius 2 is 2.06 bits per heavy atom. The smallest absolute Gasteiger partial charge is 0.279 e. The van der Waals surface area contributed by atoms with Gasteiger partial charge < -0.3 is 10.1 Å². The molecule has 0 radical (unpaired) electrons. The minimum Gasteiger partial charge on any atom is -0.381 e. The van der Waals surface area contributed by atoms with Gasteiger partial charge in [-0.2, -0.15) is 17.4 Å². The third kappa shape index (κ3) is 4.51. The normalized spacial score (nSPS) is 24.9. The Labute approximate surface area is 104 Å². The fourth-order valence-corrected chi connectivity index (χ4v) is 2.92. The highest BCUT2D eigenvalue weighted by Gasteiger charge is 2.33. The van der Waals surface area contributed by atoms with E-state index in [9.17, 15) is 8.42 Å². The molecular weight excluding hydrogens is 242 g/mol. The summed E-state index contributed by atoms with van der Waals surface area (Å²) in [6, 6.07) is 0.0247. The highest BCUT2D eigenvalue weighted by atomic mass is 32.2. The van der Waals surface area contributed by atoms with Crippen molar-refractivity contribution in [1.82, 2.24) is 14.3 Å². The monoisotopic (exact) mass is 265 g/mol. The Morgan fingerprint density at radius 3 is 2.59 bits per heavy atom. The molecule has 0 spiro atoms. The van der Waals surface area contributed by atoms with Gasteiger partial charge in [-0.3, -0.25) is 0 Å². The second-order valence-electron chi connectivity index (χ2n) is 4.43. The lowest BCUT2D eigenvalue weighted by Gasteiger charge is -2.35. The second-order valence-corrected chi connectivity index (χ2v) is 6.24. The minimum atomic E-state index is -3.33. The zero-order chi connectivity index (χ0) is 12.9. The second kappa shape index (κ2) is 6.65. The minimum absolute atomic E-state index is 0.0247. The first-order valence-corrected chi connectivity index (χ1v) is 7.34. The van der Waals surface area contributed by atoms with Crippen LogP contribution >= 0.6 is 0 Å². The van der Waals surface area contributed by atoms with Crippen LogP contribution < -0.4 is 10.0 Å². The van der Waals surface area contributed by atoms with Crippen molar-refractivity contribution < 1.29 is 13.2 Å². The third-order valence-electron chi connectivity index (χ3n) is 3.05. The Hall–Kier alpha value is -0.210. The van der Waals surface area contributed by atoms with Crippen LogP contribution in [0.4, 0.5) is 0 Å². The highest BCUT2D eigenvalue weighted by Crippen LogP contribution is 2.23. The first-order chi connectivity index (χ1) is 7.99. The van der Waals surface area contributed by atoms with E-state index in [2.05, 4.69) is 10.0 Å². The van der Waals surface area contributed by atoms with Gasteiger partial charge in [0.05, 0.1) is 6.10 Å². The molecule has 0 heterocycles. The van der Waals surface area contributed by atoms with Crippen LogP contribution in [0.1, 0.15) is 19.3 Å². The Kier molecular flexibility index (Phi) is 5.81. The first-order valence-electron chi connectivity index (χ1n) is 5.90. The number of nitrogens with one attached hydrogen (secondary N) is 2. The number of hydrogen-bond acceptors (Lipinski definition) is 4. The van der Waals surface area contributed by atoms with Crippen molar-refractivity contribution in [2.75, 3.05) is 34.3 Å². The summed E-state index contributed by atoms with van der Waals surface area (Å²) in [6.45, 7) is 1.34. The number of ether oxygens (including phenoxy) is 1. The van der Waals surface area contributed by atoms with Crippen molar-refractivity contribution in [3.8, 4) is 0 Å². The molecule has 2 N–H and O–H groups in total. The Bertz CT molecular complexity index is 315. The van der Waals surface area contributed by atoms with Crippen LogP contribution in [0.5, 0.6) is 0 Å². The van der Waals surface area contributed by atoms with E-state index in [0.29, 0.717) is 6.54 Å². The molecule has 0 bridgehead atoms. The Balaban J connectivity index is 2.30. The van der Waals surface area contributed by atoms with Gasteiger partial charge in [-0.1, -0.05) is 0 Å². The number of methoxy groups -OCH3 is 1. The molecule has 1 aliphatic carbocycles. The summed E-state index contributed by atoms with van der Waals surface area (Å²) in [5, 5.41) is 2.99. The van der Waals surface area contributed by atoms with Gasteiger partial charge in [0.25, 0.3) is 10.2 Å². The van der Waals surface area contributed by atoms with Crippen LogP contribution in [-0.2, 0) is 14.9 Å². The van der Waals surface area contributed by atoms with Crippen molar-refractivity contribution in [3.05, 3.63) is 0 Å². The summed E-state index contributed by atoms with van der Waals surface area (Å²) in [5.74, 6) is 0. The van der Waals surface area contributed by atoms with Gasteiger partial charge in [0, 0.05) is 26.7 Å². The summed E-state index contributed by atoms with van der Waals surface area (Å²) in [7, 11) is 1.77. The largest absolute Gasteiger partial charge is 0.381 e. The van der Waals surface area contributed by atoms with Crippen molar-refractivity contribution in [2.45, 2.75) is 31.4 Å². The predicted octanol–water partition coefficient (Wildman–Crippen LogP) is -0.460. The van der Waals surface area contributed by atoms with Crippen LogP contribution in [0.2, 0.25) is 0 Å². The molecule has 0 aliphatic heterocycles. The van der Waals surface area contributed by atoms with E-state index in [1.165, 1.54) is 4.31 Å². The van der Waals surface area contributed by atoms with Crippen LogP contribution in [-0.4, -0.2) is 59.2 Å². The van der Waals surface area contributed by atoms with E-state index >= 15 is 0 Å². The highest BCUT2D eigenvalue weighted by molar-refractivity contribution is 7.87. The van der Waals surface area contributed by atoms with Gasteiger partial charge in [0.1, 0.15) is 0 Å². The standard InChI is InChI=1S/C10H23N3O3S/c1-11-5-4-6-13(2)17(14,15)12-9-7-10(8-9)16-3/h9-12H,4-8H2,1-3H3. The van der Waals surface area contributed by atoms with Gasteiger partial charge in [0.15, 0.2) is 0 Å². The number of nitrogens with zero attached hydrogens (tertiary/aromatic N) is 1. The summed E-state index contributed by atoms with van der Waals surface area (Å²) in [5.41, 5.74) is 0. The lowest BCUT2D eigenvalue weighted by Crippen LogP contribution is -2.51. The molecule has 0 aromatic carbocycles. The zero-order valence-electron chi connectivity index (χ0n) is 10.8. The van der Waals surface area contributed by atoms with Gasteiger partial charge in [-0.05, 0) is 32.9 Å². The van der Waals surface area contributed by atoms with Crippen LogP contribution in [0.15, 0.2) is 0 Å². The molecule has 1 rings (SSSR count). The van der Waals surface area contributed by atoms with E-state index in [0.717, 1.165) is 25.8 Å². The van der Waals surface area contributed by atoms with Gasteiger partial charge in [-0.25, -0.2) is 0 Å². The SMILES string of the molecule is CNCCCN(C)S(=O)(=O)NC1CC(OC)C1. The molecule has 0 unspecified atom stereocenters. The molecule has 1 fully saturated rings. The van der Waals surface area contributed by atoms with Gasteiger partial charge in [0.2, 0.25) is 0 Å². The van der Waals surface area contributed by atoms with Gasteiger partial charge in [-0.15, -0.1) is 0 Å². The van der Waals surface area contributed by atoms with Crippen molar-refractivity contribution in [3.63, 3.8) is 0 Å². The van der Waals surface area contributed by atoms with Crippen molar-refractivity contribution >= 4 is 10.2 Å². The average Bonchev–Trinajstić information content (AvgIpc) is 2.23. The summed E-state index contributed by atoms with van der Waals surface area (Å²) in [6.07, 6.45) is 2.54. The number of hydrogen-bond donors (Lipinski definition) is 2. The quantitative estimate of drug-likeness (QED) is 0.583. The van der Waals surface area contributed by atoms with E-state index in [4.69, 9.17) is 4.74 Å². The molecule has 0 amide bonds. The topological polar surface area (TPSA) is 70.7 Å². The van der Waals surface area contributed by atoms with E-state index in [1.54, 1.807) is 14.2 Å². The van der Waals surface area contributed by atoms with E-state index in [1.807, 2.05) is 7.05 Å². The molecular formula is C10H23N3O3S. The zero-order valence-corrected chi connectivity index (χ0v) is 11.6. The molecule has 0 atom stereocenters. The number of rotatable bonds is 8. The lowest BCUT2D eigenvalue weighted by molar-refractivity contribution is 0.0232. The first kappa shape index (κ1) is 14.8. The summed E-state index contributed by atoms with van der Waals surface area (Å²) < 4.78 is 32.9. The molecule has 102 valence electrons. The molecule has 6 nitrogen and oxygen atoms in total. The fraction of sp³-hybridized carbons (Fsp3) is 1.00. The maximum Gasteiger partial charge on any atom is 0.279 e. The lowest BCUT2D eigenvalue weighted by atomic mass is 9.90. The Morgan fingerprint density at radius 1 is 1.41 bits per heavy atom. The van der Waals surface area contributed by atoms with Crippen LogP contribution in [0, 0.1) is 0 Å². The van der Waals surface area contributed by atoms with Crippen LogP contribution in [0.25, 0.3) is 0 Å². The molecule has 0 aromatic rings. The van der Waals surface area contributed by atoms with E-state index < -0.39 is 10.2 Å². The molecule has 1 saturated carbocycles. The summed E-state index contributed by atoms with van der Waals surface area (Å²) in [4.78, 5) is 0. The fourth-order valence-electron chi connectivity index (χ4n) is 1.75. The molecule has 7 heteroatoms. The molecule has 0 saturated heterocycles. The molecule has 1 aliphatic rings.